The van der Waals surface area contributed by atoms with E-state index in [0.717, 1.165) is 45.0 Å². The lowest BCUT2D eigenvalue weighted by molar-refractivity contribution is 0.121. The second-order valence-electron chi connectivity index (χ2n) is 7.52. The quantitative estimate of drug-likeness (QED) is 0.747. The number of aromatic amines is 1. The topological polar surface area (TPSA) is 35.2 Å². The molecule has 1 aromatic heterocycles. The molecule has 2 heterocycles. The minimum atomic E-state index is 0.910. The first kappa shape index (κ1) is 18.0. The van der Waals surface area contributed by atoms with E-state index in [1.165, 1.54) is 27.9 Å². The summed E-state index contributed by atoms with van der Waals surface area (Å²) in [6, 6.07) is 19.3. The van der Waals surface area contributed by atoms with Crippen molar-refractivity contribution in [2.45, 2.75) is 26.9 Å². The SMILES string of the molecule is Cc1ccccc1-c1c(CN2CCN(Cc3ccccc3)CC2)n[nH]c1C. The number of nitrogens with one attached hydrogen (secondary N) is 1. The third kappa shape index (κ3) is 4.12. The van der Waals surface area contributed by atoms with E-state index >= 15 is 0 Å². The number of aryl methyl sites for hydroxylation is 2. The van der Waals surface area contributed by atoms with Crippen molar-refractivity contribution in [1.82, 2.24) is 20.0 Å². The highest BCUT2D eigenvalue weighted by Gasteiger charge is 2.21. The zero-order chi connectivity index (χ0) is 18.6. The van der Waals surface area contributed by atoms with Gasteiger partial charge < -0.3 is 0 Å². The summed E-state index contributed by atoms with van der Waals surface area (Å²) in [7, 11) is 0. The second kappa shape index (κ2) is 8.07. The van der Waals surface area contributed by atoms with Crippen LogP contribution in [0.15, 0.2) is 54.6 Å². The average molecular weight is 361 g/mol. The van der Waals surface area contributed by atoms with E-state index in [0.29, 0.717) is 0 Å². The van der Waals surface area contributed by atoms with Gasteiger partial charge in [-0.3, -0.25) is 14.9 Å². The van der Waals surface area contributed by atoms with Crippen LogP contribution in [0.2, 0.25) is 0 Å². The lowest BCUT2D eigenvalue weighted by atomic mass is 9.98. The second-order valence-corrected chi connectivity index (χ2v) is 7.52. The molecule has 27 heavy (non-hydrogen) atoms. The van der Waals surface area contributed by atoms with Crippen LogP contribution in [-0.4, -0.2) is 46.2 Å². The van der Waals surface area contributed by atoms with Crippen LogP contribution in [0, 0.1) is 13.8 Å². The van der Waals surface area contributed by atoms with Crippen LogP contribution in [-0.2, 0) is 13.1 Å². The van der Waals surface area contributed by atoms with Crippen LogP contribution < -0.4 is 0 Å². The fourth-order valence-electron chi connectivity index (χ4n) is 3.96. The molecule has 0 radical (unpaired) electrons. The molecule has 4 nitrogen and oxygen atoms in total. The van der Waals surface area contributed by atoms with Crippen LogP contribution in [0.4, 0.5) is 0 Å². The minimum absolute atomic E-state index is 0.910. The Bertz CT molecular complexity index is 876. The third-order valence-electron chi connectivity index (χ3n) is 5.52. The zero-order valence-corrected chi connectivity index (χ0v) is 16.3. The number of hydrogen-bond donors (Lipinski definition) is 1. The Morgan fingerprint density at radius 3 is 2.15 bits per heavy atom. The lowest BCUT2D eigenvalue weighted by Gasteiger charge is -2.34. The van der Waals surface area contributed by atoms with Gasteiger partial charge in [-0.25, -0.2) is 0 Å². The molecule has 1 aliphatic rings. The zero-order valence-electron chi connectivity index (χ0n) is 16.3. The van der Waals surface area contributed by atoms with E-state index in [1.54, 1.807) is 0 Å². The van der Waals surface area contributed by atoms with Gasteiger partial charge in [-0.05, 0) is 30.5 Å². The Labute approximate surface area is 161 Å². The molecular formula is C23H28N4. The normalized spacial score (nSPS) is 15.9. The van der Waals surface area contributed by atoms with Crippen LogP contribution in [0.5, 0.6) is 0 Å². The number of H-pyrrole nitrogens is 1. The van der Waals surface area contributed by atoms with Gasteiger partial charge in [-0.2, -0.15) is 5.10 Å². The number of aromatic nitrogens is 2. The fraction of sp³-hybridized carbons (Fsp3) is 0.348. The molecule has 0 atom stereocenters. The molecule has 1 N–H and O–H groups in total. The van der Waals surface area contributed by atoms with Gasteiger partial charge in [-0.15, -0.1) is 0 Å². The number of benzene rings is 2. The standard InChI is InChI=1S/C23H28N4/c1-18-8-6-7-11-21(18)23-19(2)24-25-22(23)17-27-14-12-26(13-15-27)16-20-9-4-3-5-10-20/h3-11H,12-17H2,1-2H3,(H,24,25). The highest BCUT2D eigenvalue weighted by atomic mass is 15.3. The smallest absolute Gasteiger partial charge is 0.0843 e. The molecule has 1 fully saturated rings. The van der Waals surface area contributed by atoms with E-state index in [9.17, 15) is 0 Å². The summed E-state index contributed by atoms with van der Waals surface area (Å²) in [5.41, 5.74) is 7.59. The van der Waals surface area contributed by atoms with Gasteiger partial charge in [-0.1, -0.05) is 54.6 Å². The van der Waals surface area contributed by atoms with Gasteiger partial charge in [0.2, 0.25) is 0 Å². The fourth-order valence-corrected chi connectivity index (χ4v) is 3.96. The van der Waals surface area contributed by atoms with Crippen LogP contribution in [0.1, 0.15) is 22.5 Å². The van der Waals surface area contributed by atoms with Crippen molar-refractivity contribution in [3.05, 3.63) is 77.1 Å². The highest BCUT2D eigenvalue weighted by molar-refractivity contribution is 5.71. The van der Waals surface area contributed by atoms with E-state index in [-0.39, 0.29) is 0 Å². The van der Waals surface area contributed by atoms with Crippen molar-refractivity contribution in [3.8, 4) is 11.1 Å². The van der Waals surface area contributed by atoms with Crippen molar-refractivity contribution >= 4 is 0 Å². The molecule has 0 spiro atoms. The van der Waals surface area contributed by atoms with Crippen LogP contribution >= 0.6 is 0 Å². The number of hydrogen-bond acceptors (Lipinski definition) is 3. The average Bonchev–Trinajstić information content (AvgIpc) is 3.05. The van der Waals surface area contributed by atoms with Gasteiger partial charge >= 0.3 is 0 Å². The Balaban J connectivity index is 1.41. The van der Waals surface area contributed by atoms with E-state index in [2.05, 4.69) is 88.4 Å². The number of nitrogens with zero attached hydrogens (tertiary/aromatic N) is 3. The highest BCUT2D eigenvalue weighted by Crippen LogP contribution is 2.29. The summed E-state index contributed by atoms with van der Waals surface area (Å²) in [5.74, 6) is 0. The van der Waals surface area contributed by atoms with Gasteiger partial charge in [0.15, 0.2) is 0 Å². The Morgan fingerprint density at radius 1 is 0.815 bits per heavy atom. The van der Waals surface area contributed by atoms with Crippen LogP contribution in [0.25, 0.3) is 11.1 Å². The summed E-state index contributed by atoms with van der Waals surface area (Å²) in [5, 5.41) is 7.84. The maximum absolute atomic E-state index is 4.63. The van der Waals surface area contributed by atoms with Crippen molar-refractivity contribution in [2.75, 3.05) is 26.2 Å². The van der Waals surface area contributed by atoms with Crippen molar-refractivity contribution in [1.29, 1.82) is 0 Å². The molecule has 0 saturated carbocycles. The molecule has 0 bridgehead atoms. The molecule has 4 heteroatoms. The van der Waals surface area contributed by atoms with Crippen LogP contribution in [0.3, 0.4) is 0 Å². The van der Waals surface area contributed by atoms with E-state index in [1.807, 2.05) is 0 Å². The third-order valence-corrected chi connectivity index (χ3v) is 5.52. The lowest BCUT2D eigenvalue weighted by Crippen LogP contribution is -2.45. The molecule has 0 aliphatic carbocycles. The monoisotopic (exact) mass is 360 g/mol. The molecule has 2 aromatic carbocycles. The summed E-state index contributed by atoms with van der Waals surface area (Å²) >= 11 is 0. The molecule has 3 aromatic rings. The Morgan fingerprint density at radius 2 is 1.44 bits per heavy atom. The molecule has 4 rings (SSSR count). The summed E-state index contributed by atoms with van der Waals surface area (Å²) in [6.07, 6.45) is 0. The minimum Gasteiger partial charge on any atom is -0.297 e. The van der Waals surface area contributed by atoms with Crippen molar-refractivity contribution < 1.29 is 0 Å². The van der Waals surface area contributed by atoms with Gasteiger partial charge in [0.05, 0.1) is 5.69 Å². The van der Waals surface area contributed by atoms with E-state index < -0.39 is 0 Å². The molecule has 1 saturated heterocycles. The largest absolute Gasteiger partial charge is 0.297 e. The first-order valence-electron chi connectivity index (χ1n) is 9.79. The van der Waals surface area contributed by atoms with Crippen molar-refractivity contribution in [2.24, 2.45) is 0 Å². The summed E-state index contributed by atoms with van der Waals surface area (Å²) in [6.45, 7) is 10.6. The molecule has 0 unspecified atom stereocenters. The van der Waals surface area contributed by atoms with Gasteiger partial charge in [0.1, 0.15) is 0 Å². The van der Waals surface area contributed by atoms with E-state index in [4.69, 9.17) is 0 Å². The molecular weight excluding hydrogens is 332 g/mol. The number of piperazine rings is 1. The number of rotatable bonds is 5. The van der Waals surface area contributed by atoms with Gasteiger partial charge in [0.25, 0.3) is 0 Å². The predicted octanol–water partition coefficient (Wildman–Crippen LogP) is 4.01. The first-order chi connectivity index (χ1) is 13.2. The Kier molecular flexibility index (Phi) is 5.37. The molecule has 1 aliphatic heterocycles. The Hall–Kier alpha value is -2.43. The van der Waals surface area contributed by atoms with Crippen molar-refractivity contribution in [3.63, 3.8) is 0 Å². The molecule has 0 amide bonds. The summed E-state index contributed by atoms with van der Waals surface area (Å²) in [4.78, 5) is 5.07. The predicted molar refractivity (Wildman–Crippen MR) is 110 cm³/mol. The first-order valence-corrected chi connectivity index (χ1v) is 9.79. The maximum Gasteiger partial charge on any atom is 0.0843 e. The molecule has 140 valence electrons. The summed E-state index contributed by atoms with van der Waals surface area (Å²) < 4.78 is 0. The van der Waals surface area contributed by atoms with Gasteiger partial charge in [0, 0.05) is 50.5 Å². The maximum atomic E-state index is 4.63.